The van der Waals surface area contributed by atoms with Crippen LogP contribution in [0.1, 0.15) is 272 Å². The first-order valence-corrected chi connectivity index (χ1v) is 36.3. The van der Waals surface area contributed by atoms with Gasteiger partial charge in [-0.2, -0.15) is 0 Å². The van der Waals surface area contributed by atoms with Crippen molar-refractivity contribution in [1.82, 2.24) is 0 Å². The van der Waals surface area contributed by atoms with E-state index < -0.39 is 5.97 Å². The summed E-state index contributed by atoms with van der Waals surface area (Å²) >= 11 is 17.0. The van der Waals surface area contributed by atoms with Gasteiger partial charge in [-0.1, -0.05) is 225 Å². The predicted octanol–water partition coefficient (Wildman–Crippen LogP) is 21.3. The molecule has 0 aliphatic heterocycles. The maximum atomic E-state index is 12.1. The quantitative estimate of drug-likeness (QED) is 0.00623. The fourth-order valence-corrected chi connectivity index (χ4v) is 10.3. The van der Waals surface area contributed by atoms with Crippen molar-refractivity contribution in [2.24, 2.45) is 10.2 Å². The van der Waals surface area contributed by atoms with E-state index in [0.717, 1.165) is 105 Å². The van der Waals surface area contributed by atoms with Crippen LogP contribution in [0.5, 0.6) is 0 Å². The zero-order valence-electron chi connectivity index (χ0n) is 56.9. The Morgan fingerprint density at radius 2 is 0.485 bits per heavy atom. The molecule has 5 rings (SSSR count). The number of carbonyl (C=O) groups excluding carboxylic acids is 4. The molecule has 0 atom stereocenters. The van der Waals surface area contributed by atoms with Crippen LogP contribution in [0.2, 0.25) is 0 Å². The fourth-order valence-electron chi connectivity index (χ4n) is 9.78. The largest absolute Gasteiger partial charge is 0.478 e. The monoisotopic (exact) mass is 1400 g/mol. The van der Waals surface area contributed by atoms with Crippen LogP contribution < -0.4 is 0 Å². The van der Waals surface area contributed by atoms with E-state index in [1.165, 1.54) is 116 Å². The Bertz CT molecular complexity index is 2780. The molecule has 97 heavy (non-hydrogen) atoms. The van der Waals surface area contributed by atoms with Crippen LogP contribution in [0.15, 0.2) is 132 Å². The summed E-state index contributed by atoms with van der Waals surface area (Å²) in [6.07, 6.45) is 34.2. The summed E-state index contributed by atoms with van der Waals surface area (Å²) in [5, 5.41) is 32.6. The second kappa shape index (κ2) is 60.1. The lowest BCUT2D eigenvalue weighted by atomic mass is 10.1. The third kappa shape index (κ3) is 45.1. The summed E-state index contributed by atoms with van der Waals surface area (Å²) in [7, 11) is 0. The lowest BCUT2D eigenvalue weighted by Crippen LogP contribution is -2.06. The van der Waals surface area contributed by atoms with Crippen LogP contribution >= 0.6 is 34.8 Å². The molecule has 0 bridgehead atoms. The molecule has 0 fully saturated rings. The van der Waals surface area contributed by atoms with Crippen LogP contribution in [0.3, 0.4) is 0 Å². The van der Waals surface area contributed by atoms with Crippen molar-refractivity contribution >= 4 is 64.6 Å². The number of halogens is 3. The molecule has 0 saturated heterocycles. The van der Waals surface area contributed by atoms with E-state index in [-0.39, 0.29) is 37.0 Å². The minimum atomic E-state index is -0.911. The Hall–Kier alpha value is -7.14. The topological polar surface area (TPSA) is 280 Å². The summed E-state index contributed by atoms with van der Waals surface area (Å²) in [6, 6.07) is 34.7. The van der Waals surface area contributed by atoms with Crippen LogP contribution in [0.25, 0.3) is 20.9 Å². The Balaban J connectivity index is 0.000000490. The molecule has 5 aromatic rings. The third-order valence-corrected chi connectivity index (χ3v) is 16.6. The highest BCUT2D eigenvalue weighted by Crippen LogP contribution is 2.17. The van der Waals surface area contributed by atoms with Gasteiger partial charge < -0.3 is 34.3 Å². The van der Waals surface area contributed by atoms with E-state index in [1.807, 2.05) is 24.3 Å². The highest BCUT2D eigenvalue weighted by atomic mass is 35.5. The van der Waals surface area contributed by atoms with Gasteiger partial charge in [0.25, 0.3) is 0 Å². The first kappa shape index (κ1) is 85.9. The minimum absolute atomic E-state index is 0.267. The first-order valence-electron chi connectivity index (χ1n) is 34.7. The number of nitrogens with zero attached hydrogens (tertiary/aromatic N) is 6. The molecule has 0 unspecified atom stereocenters. The second-order valence-electron chi connectivity index (χ2n) is 23.6. The number of benzene rings is 5. The number of carboxylic acid groups (broad SMARTS) is 1. The molecule has 0 amide bonds. The van der Waals surface area contributed by atoms with Crippen LogP contribution in [-0.4, -0.2) is 84.8 Å². The zero-order valence-corrected chi connectivity index (χ0v) is 59.1. The van der Waals surface area contributed by atoms with Gasteiger partial charge in [0.1, 0.15) is 0 Å². The van der Waals surface area contributed by atoms with Crippen LogP contribution in [0.4, 0.5) is 0 Å². The first-order chi connectivity index (χ1) is 47.4. The highest BCUT2D eigenvalue weighted by Gasteiger charge is 2.11. The van der Waals surface area contributed by atoms with Crippen LogP contribution in [0, 0.1) is 0 Å². The summed E-state index contributed by atoms with van der Waals surface area (Å²) in [5.41, 5.74) is 23.7. The Morgan fingerprint density at radius 1 is 0.299 bits per heavy atom. The Labute approximate surface area is 590 Å². The molecule has 21 heteroatoms. The molecule has 0 heterocycles. The number of hydrogen-bond acceptors (Lipinski definition) is 13. The number of azide groups is 2. The van der Waals surface area contributed by atoms with Gasteiger partial charge in [-0.05, 0) is 138 Å². The fraction of sp³-hybridized carbons (Fsp3) is 0.539. The number of aliphatic hydroxyl groups is 2. The average Bonchev–Trinajstić information content (AvgIpc) is 3.11. The number of hydrogen-bond donors (Lipinski definition) is 3. The van der Waals surface area contributed by atoms with Crippen molar-refractivity contribution in [3.8, 4) is 0 Å². The number of rotatable bonds is 49. The van der Waals surface area contributed by atoms with Crippen molar-refractivity contribution in [1.29, 1.82) is 0 Å². The third-order valence-electron chi connectivity index (χ3n) is 15.6. The molecule has 532 valence electrons. The number of carbonyl (C=O) groups is 5. The maximum absolute atomic E-state index is 12.1. The Morgan fingerprint density at radius 3 is 0.670 bits per heavy atom. The van der Waals surface area contributed by atoms with Gasteiger partial charge in [-0.3, -0.25) is 0 Å². The summed E-state index contributed by atoms with van der Waals surface area (Å²) in [6.45, 7) is 3.02. The van der Waals surface area contributed by atoms with Gasteiger partial charge in [-0.15, -0.1) is 34.8 Å². The molecule has 3 N–H and O–H groups in total. The van der Waals surface area contributed by atoms with Crippen molar-refractivity contribution in [3.05, 3.63) is 198 Å². The van der Waals surface area contributed by atoms with Gasteiger partial charge in [-0.25, -0.2) is 24.0 Å². The standard InChI is InChI=1S/C28H36Cl2O4.C28H36N6O4.C12H26O2.C8H7ClO2/c29-21-23-11-15-25(16-12-23)27(31)33-19-9-7-5-3-1-2-4-6-8-10-20-34-28(32)26-17-13-24(22-30)14-18-26;29-33-31-21-23-11-15-25(16-12-23)27(35)37-19-9-7-5-3-1-2-4-6-8-10-20-38-28(36)26-17-13-24(14-18-26)22-32-34-30;13-11-9-7-5-3-1-2-4-6-8-10-12-14;9-5-6-1-3-7(4-2-6)8(10)11/h11-18H,1-10,19-22H2;11-18H,1-10,19-22H2;13-14H,1-12H2;1-4H,5H2,(H,10,11). The molecule has 0 aliphatic rings. The normalized spacial score (nSPS) is 10.4. The number of esters is 4. The lowest BCUT2D eigenvalue weighted by Gasteiger charge is -2.06. The van der Waals surface area contributed by atoms with Gasteiger partial charge in [0.15, 0.2) is 0 Å². The molecule has 0 aliphatic carbocycles. The van der Waals surface area contributed by atoms with E-state index >= 15 is 0 Å². The van der Waals surface area contributed by atoms with Crippen molar-refractivity contribution in [2.75, 3.05) is 39.6 Å². The summed E-state index contributed by atoms with van der Waals surface area (Å²) < 4.78 is 21.3. The smallest absolute Gasteiger partial charge is 0.338 e. The SMILES string of the molecule is O=C(O)c1ccc(CCl)cc1.O=C(OCCCCCCCCCCCCOC(=O)c1ccc(CCl)cc1)c1ccc(CCl)cc1.OCCCCCCCCCCCCO.[N-]=[N+]=NCc1ccc(C(=O)OCCCCCCCCCCCCOC(=O)c2ccc(CN=[N+]=[N-])cc2)cc1. The van der Waals surface area contributed by atoms with Crippen molar-refractivity contribution in [3.63, 3.8) is 0 Å². The van der Waals surface area contributed by atoms with Gasteiger partial charge in [0.2, 0.25) is 0 Å². The molecule has 0 spiro atoms. The molecular formula is C76H105Cl3N6O12. The molecule has 18 nitrogen and oxygen atoms in total. The maximum Gasteiger partial charge on any atom is 0.338 e. The minimum Gasteiger partial charge on any atom is -0.478 e. The summed E-state index contributed by atoms with van der Waals surface area (Å²) in [5.74, 6) is -0.795. The number of unbranched alkanes of at least 4 members (excludes halogenated alkanes) is 27. The molecular weight excluding hydrogens is 1300 g/mol. The highest BCUT2D eigenvalue weighted by molar-refractivity contribution is 6.17. The summed E-state index contributed by atoms with van der Waals surface area (Å²) in [4.78, 5) is 63.9. The number of ether oxygens (including phenoxy) is 4. The number of carboxylic acids is 1. The lowest BCUT2D eigenvalue weighted by molar-refractivity contribution is 0.0488. The molecule has 0 saturated carbocycles. The van der Waals surface area contributed by atoms with Gasteiger partial charge >= 0.3 is 29.8 Å². The molecule has 0 radical (unpaired) electrons. The van der Waals surface area contributed by atoms with E-state index in [0.29, 0.717) is 85.1 Å². The average molecular weight is 1400 g/mol. The molecule has 5 aromatic carbocycles. The number of aromatic carboxylic acids is 1. The zero-order chi connectivity index (χ0) is 70.5. The number of alkyl halides is 3. The van der Waals surface area contributed by atoms with Crippen LogP contribution in [-0.2, 0) is 49.7 Å². The molecule has 0 aromatic heterocycles. The second-order valence-corrected chi connectivity index (χ2v) is 24.4. The van der Waals surface area contributed by atoms with Crippen molar-refractivity contribution < 1.29 is 58.2 Å². The predicted molar refractivity (Wildman–Crippen MR) is 387 cm³/mol. The number of aliphatic hydroxyl groups excluding tert-OH is 2. The van der Waals surface area contributed by atoms with Gasteiger partial charge in [0, 0.05) is 40.7 Å². The van der Waals surface area contributed by atoms with Gasteiger partial charge in [0.05, 0.1) is 67.3 Å². The van der Waals surface area contributed by atoms with Crippen molar-refractivity contribution in [2.45, 2.75) is 223 Å². The van der Waals surface area contributed by atoms with E-state index in [4.69, 9.17) is 80.1 Å². The Kier molecular flexibility index (Phi) is 53.2. The van der Waals surface area contributed by atoms with E-state index in [1.54, 1.807) is 97.1 Å². The van der Waals surface area contributed by atoms with E-state index in [2.05, 4.69) is 20.1 Å². The van der Waals surface area contributed by atoms with E-state index in [9.17, 15) is 24.0 Å².